The first kappa shape index (κ1) is 22.6. The van der Waals surface area contributed by atoms with Gasteiger partial charge in [-0.15, -0.1) is 0 Å². The molecule has 8 heteroatoms. The number of thioether (sulfide) groups is 1. The number of ether oxygens (including phenoxy) is 1. The van der Waals surface area contributed by atoms with Gasteiger partial charge in [-0.05, 0) is 36.7 Å². The first-order valence-electron chi connectivity index (χ1n) is 11.0. The third-order valence-electron chi connectivity index (χ3n) is 6.30. The van der Waals surface area contributed by atoms with E-state index in [1.54, 1.807) is 18.2 Å². The molecule has 6 nitrogen and oxygen atoms in total. The highest BCUT2D eigenvalue weighted by Gasteiger charge is 2.42. The maximum Gasteiger partial charge on any atom is 0.338 e. The second-order valence-electron chi connectivity index (χ2n) is 8.36. The lowest BCUT2D eigenvalue weighted by atomic mass is 9.92. The molecule has 32 heavy (non-hydrogen) atoms. The van der Waals surface area contributed by atoms with Gasteiger partial charge in [-0.3, -0.25) is 4.79 Å². The van der Waals surface area contributed by atoms with E-state index in [1.807, 2.05) is 22.1 Å². The molecule has 0 N–H and O–H groups in total. The van der Waals surface area contributed by atoms with E-state index in [9.17, 15) is 14.0 Å². The minimum Gasteiger partial charge on any atom is -0.466 e. The van der Waals surface area contributed by atoms with E-state index in [4.69, 9.17) is 4.74 Å². The molecule has 170 valence electrons. The molecule has 0 aromatic heterocycles. The van der Waals surface area contributed by atoms with Crippen molar-refractivity contribution in [3.8, 4) is 0 Å². The molecule has 0 saturated carbocycles. The number of piperidine rings is 1. The first-order chi connectivity index (χ1) is 15.4. The molecular weight excluding hydrogens is 429 g/mol. The van der Waals surface area contributed by atoms with Crippen LogP contribution in [0.4, 0.5) is 4.39 Å². The minimum absolute atomic E-state index is 0.0437. The molecular formula is C24H28FN3O3S. The number of halogens is 1. The Morgan fingerprint density at radius 2 is 1.97 bits per heavy atom. The monoisotopic (exact) mass is 457 g/mol. The van der Waals surface area contributed by atoms with Crippen LogP contribution < -0.4 is 0 Å². The van der Waals surface area contributed by atoms with Gasteiger partial charge >= 0.3 is 5.97 Å². The number of carbonyl (C=O) groups is 2. The van der Waals surface area contributed by atoms with Crippen molar-refractivity contribution < 1.29 is 18.7 Å². The summed E-state index contributed by atoms with van der Waals surface area (Å²) in [6.07, 6.45) is 2.70. The Balaban J connectivity index is 1.70. The van der Waals surface area contributed by atoms with Crippen LogP contribution in [0.3, 0.4) is 0 Å². The fourth-order valence-electron chi connectivity index (χ4n) is 4.43. The lowest BCUT2D eigenvalue weighted by Crippen LogP contribution is -2.41. The van der Waals surface area contributed by atoms with Crippen molar-refractivity contribution in [1.82, 2.24) is 9.80 Å². The molecule has 3 aliphatic heterocycles. The van der Waals surface area contributed by atoms with Crippen LogP contribution in [0.1, 0.15) is 51.1 Å². The molecule has 1 atom stereocenters. The molecule has 3 aliphatic rings. The number of amides is 1. The maximum absolute atomic E-state index is 15.0. The summed E-state index contributed by atoms with van der Waals surface area (Å²) in [5, 5.41) is 2.54. The normalized spacial score (nSPS) is 21.3. The van der Waals surface area contributed by atoms with Gasteiger partial charge in [-0.1, -0.05) is 43.8 Å². The molecule has 1 amide bonds. The summed E-state index contributed by atoms with van der Waals surface area (Å²) < 4.78 is 20.0. The fraction of sp³-hybridized carbons (Fsp3) is 0.458. The average molecular weight is 458 g/mol. The predicted octanol–water partition coefficient (Wildman–Crippen LogP) is 4.61. The Morgan fingerprint density at radius 3 is 2.62 bits per heavy atom. The van der Waals surface area contributed by atoms with Crippen LogP contribution in [-0.4, -0.2) is 47.0 Å². The number of esters is 1. The fourth-order valence-corrected chi connectivity index (χ4v) is 5.37. The van der Waals surface area contributed by atoms with Crippen LogP contribution in [0, 0.1) is 11.7 Å². The van der Waals surface area contributed by atoms with Gasteiger partial charge in [0, 0.05) is 24.4 Å². The topological polar surface area (TPSA) is 62.2 Å². The Kier molecular flexibility index (Phi) is 6.69. The van der Waals surface area contributed by atoms with Gasteiger partial charge in [0.2, 0.25) is 5.91 Å². The summed E-state index contributed by atoms with van der Waals surface area (Å²) in [7, 11) is 1.32. The Hall–Kier alpha value is -2.61. The smallest absolute Gasteiger partial charge is 0.338 e. The second-order valence-corrected chi connectivity index (χ2v) is 9.20. The largest absolute Gasteiger partial charge is 0.466 e. The van der Waals surface area contributed by atoms with E-state index >= 15 is 0 Å². The Bertz CT molecular complexity index is 1010. The summed E-state index contributed by atoms with van der Waals surface area (Å²) in [6, 6.07) is 5.69. The van der Waals surface area contributed by atoms with E-state index in [1.165, 1.54) is 24.9 Å². The number of carbonyl (C=O) groups excluding carboxylic acids is 2. The van der Waals surface area contributed by atoms with Crippen molar-refractivity contribution in [1.29, 1.82) is 0 Å². The zero-order chi connectivity index (χ0) is 22.8. The van der Waals surface area contributed by atoms with Crippen LogP contribution in [0.15, 0.2) is 51.6 Å². The number of allylic oxidation sites excluding steroid dienone is 1. The van der Waals surface area contributed by atoms with Crippen LogP contribution in [0.2, 0.25) is 0 Å². The minimum atomic E-state index is -0.735. The molecule has 0 bridgehead atoms. The third-order valence-corrected chi connectivity index (χ3v) is 7.19. The number of aliphatic imine (C=N–C) groups is 1. The number of rotatable bonds is 5. The van der Waals surface area contributed by atoms with Crippen molar-refractivity contribution in [3.05, 3.63) is 58.0 Å². The highest BCUT2D eigenvalue weighted by molar-refractivity contribution is 8.16. The van der Waals surface area contributed by atoms with E-state index < -0.39 is 17.8 Å². The zero-order valence-electron chi connectivity index (χ0n) is 18.6. The molecule has 3 heterocycles. The molecule has 0 aliphatic carbocycles. The van der Waals surface area contributed by atoms with Gasteiger partial charge in [0.25, 0.3) is 0 Å². The molecule has 0 unspecified atom stereocenters. The SMILES string of the molecule is CCC1=C(C(=O)OC)[C@@H](c2ccccc2F)N2C(CC(=O)N3CCC(C)CC3)=CSC2=N1. The number of amidine groups is 1. The van der Waals surface area contributed by atoms with Crippen molar-refractivity contribution in [2.24, 2.45) is 10.9 Å². The van der Waals surface area contributed by atoms with Gasteiger partial charge in [0.1, 0.15) is 5.82 Å². The Morgan fingerprint density at radius 1 is 1.25 bits per heavy atom. The molecule has 4 rings (SSSR count). The third kappa shape index (κ3) is 4.20. The number of fused-ring (bicyclic) bond motifs is 1. The summed E-state index contributed by atoms with van der Waals surface area (Å²) in [6.45, 7) is 5.63. The standard InChI is InChI=1S/C24H28FN3O3S/c1-4-19-21(23(30)31-3)22(17-7-5-6-8-18(17)25)28-16(14-32-24(28)26-19)13-20(29)27-11-9-15(2)10-12-27/h5-8,14-15,22H,4,9-13H2,1-3H3/t22-/m1/s1. The number of hydrogen-bond acceptors (Lipinski definition) is 6. The van der Waals surface area contributed by atoms with E-state index in [0.717, 1.165) is 31.6 Å². The summed E-state index contributed by atoms with van der Waals surface area (Å²) in [5.41, 5.74) is 1.98. The van der Waals surface area contributed by atoms with Crippen LogP contribution in [0.5, 0.6) is 0 Å². The van der Waals surface area contributed by atoms with Crippen LogP contribution >= 0.6 is 11.8 Å². The zero-order valence-corrected chi connectivity index (χ0v) is 19.5. The molecule has 0 spiro atoms. The highest BCUT2D eigenvalue weighted by atomic mass is 32.2. The summed E-state index contributed by atoms with van der Waals surface area (Å²) in [5.74, 6) is -0.275. The molecule has 1 aromatic carbocycles. The van der Waals surface area contributed by atoms with Gasteiger partial charge in [-0.2, -0.15) is 0 Å². The first-order valence-corrected chi connectivity index (χ1v) is 11.9. The molecule has 1 saturated heterocycles. The average Bonchev–Trinajstić information content (AvgIpc) is 3.20. The van der Waals surface area contributed by atoms with Gasteiger partial charge in [-0.25, -0.2) is 14.2 Å². The quantitative estimate of drug-likeness (QED) is 0.604. The highest BCUT2D eigenvalue weighted by Crippen LogP contribution is 2.46. The van der Waals surface area contributed by atoms with E-state index in [0.29, 0.717) is 34.3 Å². The van der Waals surface area contributed by atoms with E-state index in [2.05, 4.69) is 11.9 Å². The van der Waals surface area contributed by atoms with Crippen LogP contribution in [0.25, 0.3) is 0 Å². The van der Waals surface area contributed by atoms with Crippen molar-refractivity contribution in [3.63, 3.8) is 0 Å². The molecule has 0 radical (unpaired) electrons. The van der Waals surface area contributed by atoms with Crippen LogP contribution in [-0.2, 0) is 14.3 Å². The lowest BCUT2D eigenvalue weighted by Gasteiger charge is -2.37. The van der Waals surface area contributed by atoms with Gasteiger partial charge in [0.15, 0.2) is 5.17 Å². The number of benzene rings is 1. The Labute approximate surface area is 192 Å². The number of hydrogen-bond donors (Lipinski definition) is 0. The van der Waals surface area contributed by atoms with Crippen molar-refractivity contribution in [2.45, 2.75) is 45.6 Å². The second kappa shape index (κ2) is 9.48. The van der Waals surface area contributed by atoms with Gasteiger partial charge in [0.05, 0.1) is 30.8 Å². The van der Waals surface area contributed by atoms with Crippen molar-refractivity contribution in [2.75, 3.05) is 20.2 Å². The van der Waals surface area contributed by atoms with Gasteiger partial charge < -0.3 is 14.5 Å². The summed E-state index contributed by atoms with van der Waals surface area (Å²) in [4.78, 5) is 34.3. The molecule has 1 aromatic rings. The lowest BCUT2D eigenvalue weighted by molar-refractivity contribution is -0.136. The number of methoxy groups -OCH3 is 1. The molecule has 1 fully saturated rings. The number of likely N-dealkylation sites (tertiary alicyclic amines) is 1. The van der Waals surface area contributed by atoms with E-state index in [-0.39, 0.29) is 12.3 Å². The number of nitrogens with zero attached hydrogens (tertiary/aromatic N) is 3. The van der Waals surface area contributed by atoms with Crippen molar-refractivity contribution >= 4 is 28.8 Å². The maximum atomic E-state index is 15.0. The summed E-state index contributed by atoms with van der Waals surface area (Å²) >= 11 is 1.40. The predicted molar refractivity (Wildman–Crippen MR) is 123 cm³/mol.